The molecule has 4 nitrogen and oxygen atoms in total. The van der Waals surface area contributed by atoms with Crippen LogP contribution in [0.15, 0.2) is 24.3 Å². The molecule has 1 aliphatic rings. The molecule has 0 radical (unpaired) electrons. The van der Waals surface area contributed by atoms with E-state index < -0.39 is 5.97 Å². The van der Waals surface area contributed by atoms with Crippen molar-refractivity contribution in [3.63, 3.8) is 0 Å². The number of benzene rings is 1. The van der Waals surface area contributed by atoms with Crippen molar-refractivity contribution in [2.45, 2.75) is 37.3 Å². The van der Waals surface area contributed by atoms with Crippen molar-refractivity contribution in [3.8, 4) is 0 Å². The normalized spacial score (nSPS) is 14.9. The average Bonchev–Trinajstić information content (AvgIpc) is 3.12. The van der Waals surface area contributed by atoms with Crippen molar-refractivity contribution >= 4 is 35.4 Å². The zero-order chi connectivity index (χ0) is 16.7. The van der Waals surface area contributed by atoms with Gasteiger partial charge in [0.2, 0.25) is 0 Å². The van der Waals surface area contributed by atoms with Gasteiger partial charge in [-0.1, -0.05) is 26.0 Å². The lowest BCUT2D eigenvalue weighted by molar-refractivity contribution is -0.125. The first-order valence-corrected chi connectivity index (χ1v) is 10.0. The second-order valence-corrected chi connectivity index (χ2v) is 8.08. The summed E-state index contributed by atoms with van der Waals surface area (Å²) in [6.07, 6.45) is 1.74. The van der Waals surface area contributed by atoms with Crippen molar-refractivity contribution in [3.05, 3.63) is 35.4 Å². The second kappa shape index (κ2) is 9.23. The molecule has 1 aliphatic heterocycles. The van der Waals surface area contributed by atoms with Crippen LogP contribution < -0.4 is 5.32 Å². The van der Waals surface area contributed by atoms with E-state index in [0.717, 1.165) is 12.8 Å². The highest BCUT2D eigenvalue weighted by molar-refractivity contribution is 8.19. The molecule has 0 bridgehead atoms. The van der Waals surface area contributed by atoms with Crippen molar-refractivity contribution in [1.29, 1.82) is 0 Å². The van der Waals surface area contributed by atoms with E-state index in [2.05, 4.69) is 5.32 Å². The maximum absolute atomic E-state index is 12.0. The Morgan fingerprint density at radius 3 is 2.35 bits per heavy atom. The third-order valence-electron chi connectivity index (χ3n) is 3.73. The highest BCUT2D eigenvalue weighted by Crippen LogP contribution is 2.45. The van der Waals surface area contributed by atoms with E-state index in [1.165, 1.54) is 17.1 Å². The summed E-state index contributed by atoms with van der Waals surface area (Å²) in [5, 5.41) is 2.85. The zero-order valence-corrected chi connectivity index (χ0v) is 15.2. The molecule has 1 amide bonds. The van der Waals surface area contributed by atoms with Gasteiger partial charge in [-0.25, -0.2) is 4.79 Å². The van der Waals surface area contributed by atoms with Gasteiger partial charge >= 0.3 is 5.97 Å². The van der Waals surface area contributed by atoms with E-state index in [1.807, 2.05) is 49.5 Å². The number of hydrogen-bond acceptors (Lipinski definition) is 5. The Kier molecular flexibility index (Phi) is 7.30. The van der Waals surface area contributed by atoms with Gasteiger partial charge in [0, 0.05) is 17.5 Å². The van der Waals surface area contributed by atoms with Gasteiger partial charge in [0.15, 0.2) is 6.61 Å². The van der Waals surface area contributed by atoms with E-state index in [9.17, 15) is 9.59 Å². The van der Waals surface area contributed by atoms with Gasteiger partial charge in [-0.3, -0.25) is 4.79 Å². The molecule has 0 aliphatic carbocycles. The second-order valence-electron chi connectivity index (χ2n) is 5.35. The summed E-state index contributed by atoms with van der Waals surface area (Å²) in [5.41, 5.74) is 1.71. The first-order valence-electron chi connectivity index (χ1n) is 7.93. The maximum Gasteiger partial charge on any atom is 0.338 e. The van der Waals surface area contributed by atoms with Gasteiger partial charge in [0.25, 0.3) is 5.91 Å². The molecule has 1 aromatic carbocycles. The number of amides is 1. The molecule has 0 atom stereocenters. The third-order valence-corrected chi connectivity index (χ3v) is 6.83. The zero-order valence-electron chi connectivity index (χ0n) is 13.5. The topological polar surface area (TPSA) is 55.4 Å². The van der Waals surface area contributed by atoms with Gasteiger partial charge in [-0.2, -0.15) is 0 Å². The Morgan fingerprint density at radius 2 is 1.78 bits per heavy atom. The molecule has 0 spiro atoms. The standard InChI is InChI=1S/C17H23NO3S2/c1-3-14(4-2)18-15(19)11-21-16(20)12-5-7-13(8-6-12)17-22-9-10-23-17/h5-8,14,17H,3-4,9-11H2,1-2H3,(H,18,19). The van der Waals surface area contributed by atoms with Crippen molar-refractivity contribution in [2.75, 3.05) is 18.1 Å². The molecule has 1 heterocycles. The number of rotatable bonds is 7. The summed E-state index contributed by atoms with van der Waals surface area (Å²) in [4.78, 5) is 23.7. The minimum absolute atomic E-state index is 0.141. The van der Waals surface area contributed by atoms with Crippen LogP contribution in [0.1, 0.15) is 47.2 Å². The van der Waals surface area contributed by atoms with Crippen LogP contribution in [0.2, 0.25) is 0 Å². The van der Waals surface area contributed by atoms with Crippen LogP contribution in [0.25, 0.3) is 0 Å². The lowest BCUT2D eigenvalue weighted by Gasteiger charge is -2.14. The fourth-order valence-corrected chi connectivity index (χ4v) is 5.16. The van der Waals surface area contributed by atoms with Gasteiger partial charge in [0.05, 0.1) is 10.1 Å². The quantitative estimate of drug-likeness (QED) is 0.759. The summed E-state index contributed by atoms with van der Waals surface area (Å²) in [6, 6.07) is 7.63. The maximum atomic E-state index is 12.0. The predicted molar refractivity (Wildman–Crippen MR) is 96.9 cm³/mol. The van der Waals surface area contributed by atoms with Crippen molar-refractivity contribution in [2.24, 2.45) is 0 Å². The Hall–Kier alpha value is -1.14. The molecule has 1 saturated heterocycles. The van der Waals surface area contributed by atoms with Crippen LogP contribution in [-0.4, -0.2) is 36.0 Å². The van der Waals surface area contributed by atoms with Crippen LogP contribution in [0.4, 0.5) is 0 Å². The molecule has 0 unspecified atom stereocenters. The molecular weight excluding hydrogens is 330 g/mol. The highest BCUT2D eigenvalue weighted by atomic mass is 32.2. The molecule has 2 rings (SSSR count). The monoisotopic (exact) mass is 353 g/mol. The van der Waals surface area contributed by atoms with E-state index in [0.29, 0.717) is 10.1 Å². The molecular formula is C17H23NO3S2. The van der Waals surface area contributed by atoms with Crippen LogP contribution in [0, 0.1) is 0 Å². The van der Waals surface area contributed by atoms with Crippen LogP contribution in [-0.2, 0) is 9.53 Å². The Balaban J connectivity index is 1.82. The number of carbonyl (C=O) groups is 2. The molecule has 1 fully saturated rings. The van der Waals surface area contributed by atoms with E-state index >= 15 is 0 Å². The number of esters is 1. The summed E-state index contributed by atoms with van der Waals surface area (Å²) >= 11 is 3.86. The van der Waals surface area contributed by atoms with Gasteiger partial charge < -0.3 is 10.1 Å². The summed E-state index contributed by atoms with van der Waals surface area (Å²) in [5.74, 6) is 1.64. The smallest absolute Gasteiger partial charge is 0.338 e. The highest BCUT2D eigenvalue weighted by Gasteiger charge is 2.19. The molecule has 1 N–H and O–H groups in total. The summed E-state index contributed by atoms with van der Waals surface area (Å²) in [6.45, 7) is 3.80. The number of thioether (sulfide) groups is 2. The molecule has 23 heavy (non-hydrogen) atoms. The van der Waals surface area contributed by atoms with E-state index in [-0.39, 0.29) is 18.6 Å². The first-order chi connectivity index (χ1) is 11.1. The Bertz CT molecular complexity index is 523. The third kappa shape index (κ3) is 5.46. The first kappa shape index (κ1) is 18.2. The van der Waals surface area contributed by atoms with Crippen molar-refractivity contribution in [1.82, 2.24) is 5.32 Å². The average molecular weight is 354 g/mol. The molecule has 6 heteroatoms. The lowest BCUT2D eigenvalue weighted by atomic mass is 10.1. The fraction of sp³-hybridized carbons (Fsp3) is 0.529. The van der Waals surface area contributed by atoms with E-state index in [4.69, 9.17) is 4.74 Å². The number of carbonyl (C=O) groups excluding carboxylic acids is 2. The molecule has 0 aromatic heterocycles. The molecule has 1 aromatic rings. The van der Waals surface area contributed by atoms with Gasteiger partial charge in [0.1, 0.15) is 0 Å². The molecule has 126 valence electrons. The van der Waals surface area contributed by atoms with E-state index in [1.54, 1.807) is 12.1 Å². The summed E-state index contributed by atoms with van der Waals surface area (Å²) in [7, 11) is 0. The van der Waals surface area contributed by atoms with Crippen molar-refractivity contribution < 1.29 is 14.3 Å². The van der Waals surface area contributed by atoms with Gasteiger partial charge in [-0.15, -0.1) is 23.5 Å². The predicted octanol–water partition coefficient (Wildman–Crippen LogP) is 3.63. The minimum Gasteiger partial charge on any atom is -0.452 e. The lowest BCUT2D eigenvalue weighted by Crippen LogP contribution is -2.36. The number of ether oxygens (including phenoxy) is 1. The van der Waals surface area contributed by atoms with Crippen LogP contribution >= 0.6 is 23.5 Å². The van der Waals surface area contributed by atoms with Gasteiger partial charge in [-0.05, 0) is 30.5 Å². The Morgan fingerprint density at radius 1 is 1.17 bits per heavy atom. The summed E-state index contributed by atoms with van der Waals surface area (Å²) < 4.78 is 5.55. The Labute approximate surface area is 146 Å². The number of hydrogen-bond donors (Lipinski definition) is 1. The van der Waals surface area contributed by atoms with Crippen LogP contribution in [0.3, 0.4) is 0 Å². The SMILES string of the molecule is CCC(CC)NC(=O)COC(=O)c1ccc(C2SCCS2)cc1. The largest absolute Gasteiger partial charge is 0.452 e. The number of nitrogens with one attached hydrogen (secondary N) is 1. The molecule has 0 saturated carbocycles. The van der Waals surface area contributed by atoms with Crippen LogP contribution in [0.5, 0.6) is 0 Å². The minimum atomic E-state index is -0.456. The fourth-order valence-electron chi connectivity index (χ4n) is 2.30.